The Bertz CT molecular complexity index is 1650. The molecular formula is C64H104NO8+. The lowest BCUT2D eigenvalue weighted by atomic mass is 10.0. The number of rotatable bonds is 50. The zero-order chi connectivity index (χ0) is 53.4. The molecule has 2 unspecified atom stereocenters. The molecule has 0 aliphatic carbocycles. The molecule has 0 heterocycles. The Kier molecular flexibility index (Phi) is 50.4. The maximum Gasteiger partial charge on any atom is 0.361 e. The Hall–Kier alpha value is -4.57. The predicted molar refractivity (Wildman–Crippen MR) is 308 cm³/mol. The van der Waals surface area contributed by atoms with E-state index in [-0.39, 0.29) is 38.6 Å². The van der Waals surface area contributed by atoms with E-state index in [2.05, 4.69) is 148 Å². The van der Waals surface area contributed by atoms with Gasteiger partial charge in [0.2, 0.25) is 0 Å². The number of carboxylic acid groups (broad SMARTS) is 1. The first-order valence-electron chi connectivity index (χ1n) is 28.3. The van der Waals surface area contributed by atoms with Gasteiger partial charge in [0.15, 0.2) is 6.10 Å². The van der Waals surface area contributed by atoms with Crippen LogP contribution in [-0.2, 0) is 33.3 Å². The van der Waals surface area contributed by atoms with Crippen LogP contribution in [0.2, 0.25) is 0 Å². The van der Waals surface area contributed by atoms with Crippen LogP contribution in [0, 0.1) is 0 Å². The maximum atomic E-state index is 12.9. The van der Waals surface area contributed by atoms with Gasteiger partial charge >= 0.3 is 17.9 Å². The highest BCUT2D eigenvalue weighted by atomic mass is 16.7. The molecule has 0 aliphatic rings. The average molecular weight is 1020 g/mol. The van der Waals surface area contributed by atoms with Crippen LogP contribution in [0.5, 0.6) is 0 Å². The number of nitrogens with zero attached hydrogens (tertiary/aromatic N) is 1. The van der Waals surface area contributed by atoms with Crippen molar-refractivity contribution in [3.8, 4) is 0 Å². The molecule has 2 atom stereocenters. The van der Waals surface area contributed by atoms with Gasteiger partial charge in [0.25, 0.3) is 6.29 Å². The summed E-state index contributed by atoms with van der Waals surface area (Å²) < 4.78 is 22.8. The summed E-state index contributed by atoms with van der Waals surface area (Å²) in [5, 5.41) is 9.68. The van der Waals surface area contributed by atoms with Crippen molar-refractivity contribution in [1.82, 2.24) is 0 Å². The van der Waals surface area contributed by atoms with Crippen molar-refractivity contribution in [3.05, 3.63) is 134 Å². The summed E-state index contributed by atoms with van der Waals surface area (Å²) in [6.07, 6.45) is 74.0. The quantitative estimate of drug-likeness (QED) is 0.0211. The van der Waals surface area contributed by atoms with E-state index >= 15 is 0 Å². The number of likely N-dealkylation sites (N-methyl/N-ethyl adjacent to an activating group) is 1. The fourth-order valence-corrected chi connectivity index (χ4v) is 7.10. The third-order valence-electron chi connectivity index (χ3n) is 11.4. The summed E-state index contributed by atoms with van der Waals surface area (Å²) >= 11 is 0. The van der Waals surface area contributed by atoms with E-state index in [1.807, 2.05) is 21.1 Å². The normalized spacial score (nSPS) is 13.8. The summed E-state index contributed by atoms with van der Waals surface area (Å²) in [6.45, 7) is 4.58. The van der Waals surface area contributed by atoms with Crippen LogP contribution < -0.4 is 0 Å². The molecule has 0 bridgehead atoms. The van der Waals surface area contributed by atoms with Crippen LogP contribution in [0.15, 0.2) is 134 Å². The van der Waals surface area contributed by atoms with Crippen LogP contribution in [0.3, 0.4) is 0 Å². The van der Waals surface area contributed by atoms with Crippen LogP contribution in [0.1, 0.15) is 194 Å². The fourth-order valence-electron chi connectivity index (χ4n) is 7.10. The number of unbranched alkanes of at least 4 members (excludes halogenated alkanes) is 13. The molecule has 0 fully saturated rings. The minimum absolute atomic E-state index is 0.175. The van der Waals surface area contributed by atoms with Crippen LogP contribution in [0.25, 0.3) is 0 Å². The van der Waals surface area contributed by atoms with Crippen molar-refractivity contribution < 1.29 is 42.9 Å². The van der Waals surface area contributed by atoms with Gasteiger partial charge < -0.3 is 28.5 Å². The van der Waals surface area contributed by atoms with Gasteiger partial charge in [0, 0.05) is 12.8 Å². The van der Waals surface area contributed by atoms with Gasteiger partial charge in [-0.1, -0.05) is 205 Å². The summed E-state index contributed by atoms with van der Waals surface area (Å²) in [5.74, 6) is -2.07. The standard InChI is InChI=1S/C64H103NO8/c1-6-8-10-12-14-16-18-20-21-22-23-24-25-26-27-28-29-30-31-32-33-34-35-36-37-38-39-40-41-43-45-47-49-51-53-55-62(67)73-60(59-72-64(63(68)69)70-57-56-65(3,4)5)58-71-61(66)54-52-50-48-46-44-42-19-17-15-13-11-9-7-2/h8-11,14-17,20-21,23-24,26-27,29-30,32-33,35-36,42,44,60,64H,6-7,12-13,18-19,22,25,28,31,34,37-41,43,45-59H2,1-5H3/p+1/b10-8-,11-9-,16-14-,17-15-,21-20-,24-23-,27-26-,30-29-,33-32-,36-35-,44-42-. The lowest BCUT2D eigenvalue weighted by molar-refractivity contribution is -0.870. The smallest absolute Gasteiger partial charge is 0.361 e. The number of aliphatic carboxylic acids is 1. The molecule has 412 valence electrons. The molecule has 0 saturated carbocycles. The molecule has 0 spiro atoms. The number of hydrogen-bond acceptors (Lipinski definition) is 7. The molecule has 0 aromatic rings. The number of ether oxygens (including phenoxy) is 4. The number of carboxylic acids is 1. The minimum atomic E-state index is -1.53. The molecule has 0 aromatic carbocycles. The van der Waals surface area contributed by atoms with Crippen molar-refractivity contribution in [2.45, 2.75) is 206 Å². The molecular weight excluding hydrogens is 911 g/mol. The molecule has 0 aliphatic heterocycles. The molecule has 73 heavy (non-hydrogen) atoms. The molecule has 0 radical (unpaired) electrons. The molecule has 9 nitrogen and oxygen atoms in total. The van der Waals surface area contributed by atoms with Gasteiger partial charge in [-0.2, -0.15) is 0 Å². The summed E-state index contributed by atoms with van der Waals surface area (Å²) in [6, 6.07) is 0. The summed E-state index contributed by atoms with van der Waals surface area (Å²) in [4.78, 5) is 37.3. The number of carbonyl (C=O) groups is 3. The average Bonchev–Trinajstić information content (AvgIpc) is 3.36. The summed E-state index contributed by atoms with van der Waals surface area (Å²) in [7, 11) is 5.94. The topological polar surface area (TPSA) is 108 Å². The Morgan fingerprint density at radius 2 is 0.740 bits per heavy atom. The fraction of sp³-hybridized carbons (Fsp3) is 0.609. The first-order chi connectivity index (χ1) is 35.6. The number of allylic oxidation sites excluding steroid dienone is 22. The zero-order valence-corrected chi connectivity index (χ0v) is 46.7. The monoisotopic (exact) mass is 1010 g/mol. The molecule has 0 rings (SSSR count). The van der Waals surface area contributed by atoms with E-state index in [0.29, 0.717) is 23.9 Å². The summed E-state index contributed by atoms with van der Waals surface area (Å²) in [5.41, 5.74) is 0. The lowest BCUT2D eigenvalue weighted by Gasteiger charge is -2.25. The number of carbonyl (C=O) groups excluding carboxylic acids is 2. The SMILES string of the molecule is CC/C=C\C/C=C\C/C=C\C/C=C\C/C=C\C/C=C\C/C=C\C/C=C\CCCCCCCCCCCCC(=O)OC(COC(=O)CCCCC/C=C\C/C=C\C/C=C\CC)COC(OCC[N+](C)(C)C)C(=O)O. The van der Waals surface area contributed by atoms with Gasteiger partial charge in [0.1, 0.15) is 13.2 Å². The Labute approximate surface area is 446 Å². The highest BCUT2D eigenvalue weighted by molar-refractivity contribution is 5.71. The second-order valence-electron chi connectivity index (χ2n) is 19.5. The van der Waals surface area contributed by atoms with Gasteiger partial charge in [-0.15, -0.1) is 0 Å². The Morgan fingerprint density at radius 3 is 1.11 bits per heavy atom. The number of hydrogen-bond donors (Lipinski definition) is 1. The lowest BCUT2D eigenvalue weighted by Crippen LogP contribution is -2.40. The van der Waals surface area contributed by atoms with Gasteiger partial charge in [0.05, 0.1) is 34.4 Å². The van der Waals surface area contributed by atoms with Crippen molar-refractivity contribution in [2.24, 2.45) is 0 Å². The zero-order valence-electron chi connectivity index (χ0n) is 46.7. The third-order valence-corrected chi connectivity index (χ3v) is 11.4. The predicted octanol–water partition coefficient (Wildman–Crippen LogP) is 16.7. The van der Waals surface area contributed by atoms with E-state index in [9.17, 15) is 19.5 Å². The third kappa shape index (κ3) is 55.0. The van der Waals surface area contributed by atoms with Crippen LogP contribution in [0.4, 0.5) is 0 Å². The number of quaternary nitrogens is 1. The molecule has 0 amide bonds. The molecule has 9 heteroatoms. The highest BCUT2D eigenvalue weighted by Crippen LogP contribution is 2.14. The highest BCUT2D eigenvalue weighted by Gasteiger charge is 2.25. The van der Waals surface area contributed by atoms with Crippen LogP contribution in [-0.4, -0.2) is 87.4 Å². The van der Waals surface area contributed by atoms with Crippen molar-refractivity contribution in [1.29, 1.82) is 0 Å². The van der Waals surface area contributed by atoms with Gasteiger partial charge in [-0.3, -0.25) is 9.59 Å². The molecule has 0 saturated heterocycles. The first-order valence-corrected chi connectivity index (χ1v) is 28.3. The maximum absolute atomic E-state index is 12.9. The largest absolute Gasteiger partial charge is 0.477 e. The van der Waals surface area contributed by atoms with Gasteiger partial charge in [-0.05, 0) is 109 Å². The van der Waals surface area contributed by atoms with E-state index in [1.165, 1.54) is 38.5 Å². The van der Waals surface area contributed by atoms with Crippen molar-refractivity contribution in [3.63, 3.8) is 0 Å². The van der Waals surface area contributed by atoms with E-state index in [1.54, 1.807) is 0 Å². The van der Waals surface area contributed by atoms with E-state index in [4.69, 9.17) is 18.9 Å². The molecule has 1 N–H and O–H groups in total. The van der Waals surface area contributed by atoms with Crippen molar-refractivity contribution >= 4 is 17.9 Å². The number of esters is 2. The second kappa shape index (κ2) is 53.7. The molecule has 0 aromatic heterocycles. The van der Waals surface area contributed by atoms with E-state index < -0.39 is 24.3 Å². The van der Waals surface area contributed by atoms with E-state index in [0.717, 1.165) is 116 Å². The van der Waals surface area contributed by atoms with Crippen molar-refractivity contribution in [2.75, 3.05) is 47.5 Å². The van der Waals surface area contributed by atoms with Crippen LogP contribution >= 0.6 is 0 Å². The Morgan fingerprint density at radius 1 is 0.411 bits per heavy atom. The second-order valence-corrected chi connectivity index (χ2v) is 19.5. The Balaban J connectivity index is 4.21. The first kappa shape index (κ1) is 68.4. The minimum Gasteiger partial charge on any atom is -0.477 e. The van der Waals surface area contributed by atoms with Gasteiger partial charge in [-0.25, -0.2) is 4.79 Å².